The van der Waals surface area contributed by atoms with E-state index in [0.29, 0.717) is 13.1 Å². The van der Waals surface area contributed by atoms with Crippen molar-refractivity contribution in [2.45, 2.75) is 19.6 Å². The summed E-state index contributed by atoms with van der Waals surface area (Å²) in [6.07, 6.45) is -4.30. The zero-order valence-electron chi connectivity index (χ0n) is 9.88. The minimum Gasteiger partial charge on any atom is -0.465 e. The Morgan fingerprint density at radius 2 is 1.89 bits per heavy atom. The third kappa shape index (κ3) is 5.18. The summed E-state index contributed by atoms with van der Waals surface area (Å²) in [7, 11) is 0. The molecule has 1 N–H and O–H groups in total. The molecule has 0 aliphatic carbocycles. The van der Waals surface area contributed by atoms with E-state index in [-0.39, 0.29) is 12.6 Å². The quantitative estimate of drug-likeness (QED) is 0.653. The molecule has 0 spiro atoms. The molecule has 0 saturated carbocycles. The van der Waals surface area contributed by atoms with Crippen LogP contribution in [0.4, 0.5) is 13.2 Å². The van der Waals surface area contributed by atoms with Crippen molar-refractivity contribution in [2.24, 2.45) is 0 Å². The summed E-state index contributed by atoms with van der Waals surface area (Å²) in [5.74, 6) is -0.355. The first kappa shape index (κ1) is 14.5. The van der Waals surface area contributed by atoms with Gasteiger partial charge in [-0.2, -0.15) is 13.2 Å². The molecular weight excluding hydrogens is 247 g/mol. The molecule has 0 heterocycles. The molecule has 0 aromatic heterocycles. The number of alkyl halides is 3. The van der Waals surface area contributed by atoms with E-state index in [0.717, 1.165) is 17.7 Å². The third-order valence-electron chi connectivity index (χ3n) is 2.19. The van der Waals surface area contributed by atoms with E-state index in [9.17, 15) is 18.0 Å². The molecule has 1 aromatic rings. The lowest BCUT2D eigenvalue weighted by molar-refractivity contribution is -0.141. The highest BCUT2D eigenvalue weighted by molar-refractivity contribution is 5.65. The van der Waals surface area contributed by atoms with E-state index in [4.69, 9.17) is 4.74 Å². The zero-order chi connectivity index (χ0) is 13.6. The van der Waals surface area contributed by atoms with E-state index in [2.05, 4.69) is 5.32 Å². The van der Waals surface area contributed by atoms with Crippen LogP contribution < -0.4 is 5.32 Å². The van der Waals surface area contributed by atoms with Gasteiger partial charge in [0, 0.05) is 20.0 Å². The Bertz CT molecular complexity index is 387. The molecule has 100 valence electrons. The van der Waals surface area contributed by atoms with Gasteiger partial charge in [0.1, 0.15) is 6.61 Å². The average molecular weight is 261 g/mol. The number of esters is 1. The maximum absolute atomic E-state index is 12.3. The van der Waals surface area contributed by atoms with Crippen molar-refractivity contribution >= 4 is 5.97 Å². The minimum absolute atomic E-state index is 0.246. The summed E-state index contributed by atoms with van der Waals surface area (Å²) in [4.78, 5) is 10.5. The summed E-state index contributed by atoms with van der Waals surface area (Å²) >= 11 is 0. The predicted octanol–water partition coefficient (Wildman–Crippen LogP) is 2.36. The fourth-order valence-electron chi connectivity index (χ4n) is 1.31. The Labute approximate surface area is 103 Å². The lowest BCUT2D eigenvalue weighted by Crippen LogP contribution is -2.20. The molecule has 3 nitrogen and oxygen atoms in total. The standard InChI is InChI=1S/C12H14F3NO2/c1-9(17)18-7-6-16-8-10-2-4-11(5-3-10)12(13,14)15/h2-5,16H,6-8H2,1H3. The number of rotatable bonds is 5. The first-order valence-electron chi connectivity index (χ1n) is 5.40. The van der Waals surface area contributed by atoms with E-state index in [1.807, 2.05) is 0 Å². The van der Waals surface area contributed by atoms with Gasteiger partial charge in [0.05, 0.1) is 5.56 Å². The van der Waals surface area contributed by atoms with Crippen LogP contribution in [0.15, 0.2) is 24.3 Å². The molecule has 6 heteroatoms. The largest absolute Gasteiger partial charge is 0.465 e. The maximum atomic E-state index is 12.3. The van der Waals surface area contributed by atoms with E-state index < -0.39 is 11.7 Å². The molecular formula is C12H14F3NO2. The smallest absolute Gasteiger partial charge is 0.416 e. The van der Waals surface area contributed by atoms with Crippen LogP contribution in [-0.4, -0.2) is 19.1 Å². The normalized spacial score (nSPS) is 11.3. The van der Waals surface area contributed by atoms with Gasteiger partial charge in [0.2, 0.25) is 0 Å². The van der Waals surface area contributed by atoms with Crippen molar-refractivity contribution in [1.29, 1.82) is 0 Å². The van der Waals surface area contributed by atoms with Crippen LogP contribution in [0.2, 0.25) is 0 Å². The summed E-state index contributed by atoms with van der Waals surface area (Å²) in [5.41, 5.74) is 0.0805. The second-order valence-corrected chi connectivity index (χ2v) is 3.71. The van der Waals surface area contributed by atoms with Crippen LogP contribution in [0.5, 0.6) is 0 Å². The third-order valence-corrected chi connectivity index (χ3v) is 2.19. The molecule has 1 aromatic carbocycles. The molecule has 0 atom stereocenters. The van der Waals surface area contributed by atoms with Gasteiger partial charge in [-0.1, -0.05) is 12.1 Å². The van der Waals surface area contributed by atoms with Gasteiger partial charge >= 0.3 is 12.1 Å². The van der Waals surface area contributed by atoms with Crippen molar-refractivity contribution in [2.75, 3.05) is 13.2 Å². The van der Waals surface area contributed by atoms with Gasteiger partial charge in [0.15, 0.2) is 0 Å². The van der Waals surface area contributed by atoms with Crippen molar-refractivity contribution in [3.8, 4) is 0 Å². The summed E-state index contributed by atoms with van der Waals surface area (Å²) in [6.45, 7) is 2.45. The Balaban J connectivity index is 2.33. The molecule has 0 bridgehead atoms. The lowest BCUT2D eigenvalue weighted by atomic mass is 10.1. The minimum atomic E-state index is -4.30. The van der Waals surface area contributed by atoms with Crippen molar-refractivity contribution in [1.82, 2.24) is 5.32 Å². The molecule has 0 amide bonds. The number of carbonyl (C=O) groups is 1. The number of benzene rings is 1. The molecule has 0 saturated heterocycles. The van der Waals surface area contributed by atoms with E-state index in [1.54, 1.807) is 0 Å². The second-order valence-electron chi connectivity index (χ2n) is 3.71. The van der Waals surface area contributed by atoms with Gasteiger partial charge in [-0.15, -0.1) is 0 Å². The van der Waals surface area contributed by atoms with Crippen LogP contribution in [0.3, 0.4) is 0 Å². The van der Waals surface area contributed by atoms with Crippen molar-refractivity contribution in [3.05, 3.63) is 35.4 Å². The average Bonchev–Trinajstić information content (AvgIpc) is 2.27. The first-order valence-corrected chi connectivity index (χ1v) is 5.40. The summed E-state index contributed by atoms with van der Waals surface area (Å²) in [5, 5.41) is 2.96. The summed E-state index contributed by atoms with van der Waals surface area (Å²) in [6, 6.07) is 4.93. The fourth-order valence-corrected chi connectivity index (χ4v) is 1.31. The number of hydrogen-bond acceptors (Lipinski definition) is 3. The van der Waals surface area contributed by atoms with Crippen molar-refractivity contribution in [3.63, 3.8) is 0 Å². The summed E-state index contributed by atoms with van der Waals surface area (Å²) < 4.78 is 41.5. The van der Waals surface area contributed by atoms with Crippen molar-refractivity contribution < 1.29 is 22.7 Å². The van der Waals surface area contributed by atoms with Gasteiger partial charge in [-0.3, -0.25) is 4.79 Å². The molecule has 0 fully saturated rings. The Kier molecular flexibility index (Phi) is 5.15. The highest BCUT2D eigenvalue weighted by Crippen LogP contribution is 2.28. The first-order chi connectivity index (χ1) is 8.39. The number of carbonyl (C=O) groups excluding carboxylic acids is 1. The molecule has 18 heavy (non-hydrogen) atoms. The van der Waals surface area contributed by atoms with E-state index >= 15 is 0 Å². The van der Waals surface area contributed by atoms with Gasteiger partial charge in [0.25, 0.3) is 0 Å². The van der Waals surface area contributed by atoms with Gasteiger partial charge in [-0.25, -0.2) is 0 Å². The highest BCUT2D eigenvalue weighted by atomic mass is 19.4. The van der Waals surface area contributed by atoms with Crippen LogP contribution in [0.25, 0.3) is 0 Å². The molecule has 0 radical (unpaired) electrons. The Morgan fingerprint density at radius 3 is 2.39 bits per heavy atom. The molecule has 1 rings (SSSR count). The molecule has 0 unspecified atom stereocenters. The van der Waals surface area contributed by atoms with Crippen LogP contribution >= 0.6 is 0 Å². The van der Waals surface area contributed by atoms with Crippen LogP contribution in [0.1, 0.15) is 18.1 Å². The predicted molar refractivity (Wildman–Crippen MR) is 59.8 cm³/mol. The fraction of sp³-hybridized carbons (Fsp3) is 0.417. The molecule has 0 aliphatic rings. The number of ether oxygens (including phenoxy) is 1. The highest BCUT2D eigenvalue weighted by Gasteiger charge is 2.29. The Hall–Kier alpha value is -1.56. The number of nitrogens with one attached hydrogen (secondary N) is 1. The SMILES string of the molecule is CC(=O)OCCNCc1ccc(C(F)(F)F)cc1. The van der Waals surface area contributed by atoms with Gasteiger partial charge < -0.3 is 10.1 Å². The Morgan fingerprint density at radius 1 is 1.28 bits per heavy atom. The van der Waals surface area contributed by atoms with Gasteiger partial charge in [-0.05, 0) is 17.7 Å². The topological polar surface area (TPSA) is 38.3 Å². The lowest BCUT2D eigenvalue weighted by Gasteiger charge is -2.08. The monoisotopic (exact) mass is 261 g/mol. The number of halogens is 3. The number of hydrogen-bond donors (Lipinski definition) is 1. The maximum Gasteiger partial charge on any atom is 0.416 e. The second kappa shape index (κ2) is 6.39. The zero-order valence-corrected chi connectivity index (χ0v) is 9.88. The van der Waals surface area contributed by atoms with Crippen LogP contribution in [-0.2, 0) is 22.3 Å². The van der Waals surface area contributed by atoms with Crippen LogP contribution in [0, 0.1) is 0 Å². The molecule has 0 aliphatic heterocycles. The van der Waals surface area contributed by atoms with E-state index in [1.165, 1.54) is 19.1 Å².